The Morgan fingerprint density at radius 3 is 2.88 bits per heavy atom. The molecule has 2 N–H and O–H groups in total. The van der Waals surface area contributed by atoms with Crippen LogP contribution in [0.3, 0.4) is 0 Å². The Morgan fingerprint density at radius 1 is 1.53 bits per heavy atom. The predicted octanol–water partition coefficient (Wildman–Crippen LogP) is 2.56. The van der Waals surface area contributed by atoms with E-state index in [1.165, 1.54) is 6.07 Å². The highest BCUT2D eigenvalue weighted by molar-refractivity contribution is 9.10. The van der Waals surface area contributed by atoms with E-state index in [2.05, 4.69) is 20.9 Å². The lowest BCUT2D eigenvalue weighted by atomic mass is 10.0. The molecule has 17 heavy (non-hydrogen) atoms. The number of aryl methyl sites for hydroxylation is 1. The van der Waals surface area contributed by atoms with Gasteiger partial charge >= 0.3 is 0 Å². The van der Waals surface area contributed by atoms with Gasteiger partial charge in [0.05, 0.1) is 22.5 Å². The van der Waals surface area contributed by atoms with E-state index in [1.807, 2.05) is 17.8 Å². The summed E-state index contributed by atoms with van der Waals surface area (Å²) in [6.45, 7) is 0. The van der Waals surface area contributed by atoms with Gasteiger partial charge in [-0.05, 0) is 40.0 Å². The molecule has 0 radical (unpaired) electrons. The van der Waals surface area contributed by atoms with Crippen molar-refractivity contribution in [3.8, 4) is 0 Å². The Hall–Kier alpha value is -1.20. The molecule has 1 unspecified atom stereocenters. The standard InChI is InChI=1S/C12H13BrFN3/c1-17-6-12(16-7-17)11(15)5-8-2-3-10(14)9(13)4-8/h2-4,6-7,11H,5,15H2,1H3. The van der Waals surface area contributed by atoms with Crippen LogP contribution in [0.1, 0.15) is 17.3 Å². The minimum atomic E-state index is -0.264. The number of hydrogen-bond donors (Lipinski definition) is 1. The molecule has 2 aromatic rings. The number of hydrogen-bond acceptors (Lipinski definition) is 2. The number of nitrogens with zero attached hydrogens (tertiary/aromatic N) is 2. The van der Waals surface area contributed by atoms with E-state index in [4.69, 9.17) is 5.73 Å². The van der Waals surface area contributed by atoms with Crippen molar-refractivity contribution in [2.24, 2.45) is 12.8 Å². The number of imidazole rings is 1. The van der Waals surface area contributed by atoms with Crippen molar-refractivity contribution in [2.45, 2.75) is 12.5 Å². The van der Waals surface area contributed by atoms with Crippen molar-refractivity contribution in [2.75, 3.05) is 0 Å². The van der Waals surface area contributed by atoms with E-state index in [-0.39, 0.29) is 11.9 Å². The molecule has 0 saturated heterocycles. The van der Waals surface area contributed by atoms with Gasteiger partial charge in [0, 0.05) is 13.2 Å². The Labute approximate surface area is 108 Å². The molecule has 1 aromatic heterocycles. The van der Waals surface area contributed by atoms with Crippen molar-refractivity contribution >= 4 is 15.9 Å². The third-order valence-electron chi connectivity index (χ3n) is 2.54. The maximum absolute atomic E-state index is 13.1. The van der Waals surface area contributed by atoms with Crippen LogP contribution in [-0.4, -0.2) is 9.55 Å². The first-order chi connectivity index (χ1) is 8.06. The van der Waals surface area contributed by atoms with Gasteiger partial charge in [0.15, 0.2) is 0 Å². The highest BCUT2D eigenvalue weighted by Crippen LogP contribution is 2.20. The minimum absolute atomic E-state index is 0.173. The number of halogens is 2. The molecule has 0 bridgehead atoms. The van der Waals surface area contributed by atoms with Crippen LogP contribution < -0.4 is 5.73 Å². The van der Waals surface area contributed by atoms with Gasteiger partial charge in [0.1, 0.15) is 5.82 Å². The second-order valence-corrected chi connectivity index (χ2v) is 4.88. The SMILES string of the molecule is Cn1cnc(C(N)Cc2ccc(F)c(Br)c2)c1. The molecule has 1 atom stereocenters. The zero-order valence-electron chi connectivity index (χ0n) is 9.40. The van der Waals surface area contributed by atoms with Gasteiger partial charge in [-0.1, -0.05) is 6.07 Å². The van der Waals surface area contributed by atoms with E-state index in [1.54, 1.807) is 18.5 Å². The van der Waals surface area contributed by atoms with Gasteiger partial charge in [-0.15, -0.1) is 0 Å². The normalized spacial score (nSPS) is 12.7. The highest BCUT2D eigenvalue weighted by Gasteiger charge is 2.10. The fraction of sp³-hybridized carbons (Fsp3) is 0.250. The van der Waals surface area contributed by atoms with E-state index in [0.29, 0.717) is 10.9 Å². The molecule has 1 aromatic carbocycles. The van der Waals surface area contributed by atoms with Crippen LogP contribution in [0.25, 0.3) is 0 Å². The lowest BCUT2D eigenvalue weighted by Gasteiger charge is -2.09. The van der Waals surface area contributed by atoms with Gasteiger partial charge in [0.2, 0.25) is 0 Å². The summed E-state index contributed by atoms with van der Waals surface area (Å²) in [5, 5.41) is 0. The summed E-state index contributed by atoms with van der Waals surface area (Å²) >= 11 is 3.16. The molecule has 0 fully saturated rings. The van der Waals surface area contributed by atoms with Crippen LogP contribution in [0, 0.1) is 5.82 Å². The Bertz CT molecular complexity index is 524. The molecule has 0 amide bonds. The molecule has 0 aliphatic heterocycles. The third-order valence-corrected chi connectivity index (χ3v) is 3.15. The van der Waals surface area contributed by atoms with E-state index < -0.39 is 0 Å². The number of aromatic nitrogens is 2. The van der Waals surface area contributed by atoms with Crippen LogP contribution in [0.2, 0.25) is 0 Å². The van der Waals surface area contributed by atoms with Crippen LogP contribution in [0.4, 0.5) is 4.39 Å². The van der Waals surface area contributed by atoms with Crippen molar-refractivity contribution < 1.29 is 4.39 Å². The van der Waals surface area contributed by atoms with Gasteiger partial charge in [-0.2, -0.15) is 0 Å². The fourth-order valence-electron chi connectivity index (χ4n) is 1.65. The Balaban J connectivity index is 2.12. The molecule has 2 rings (SSSR count). The molecular formula is C12H13BrFN3. The summed E-state index contributed by atoms with van der Waals surface area (Å²) in [6, 6.07) is 4.75. The second-order valence-electron chi connectivity index (χ2n) is 4.02. The fourth-order valence-corrected chi connectivity index (χ4v) is 2.08. The average Bonchev–Trinajstić information content (AvgIpc) is 2.70. The molecule has 0 spiro atoms. The van der Waals surface area contributed by atoms with Gasteiger partial charge in [-0.3, -0.25) is 0 Å². The Kier molecular flexibility index (Phi) is 3.59. The zero-order chi connectivity index (χ0) is 12.4. The van der Waals surface area contributed by atoms with Crippen LogP contribution in [0.5, 0.6) is 0 Å². The van der Waals surface area contributed by atoms with Gasteiger partial charge in [0.25, 0.3) is 0 Å². The predicted molar refractivity (Wildman–Crippen MR) is 67.9 cm³/mol. The largest absolute Gasteiger partial charge is 0.340 e. The number of rotatable bonds is 3. The molecule has 0 saturated carbocycles. The summed E-state index contributed by atoms with van der Waals surface area (Å²) in [7, 11) is 1.90. The topological polar surface area (TPSA) is 43.8 Å². The molecule has 1 heterocycles. The van der Waals surface area contributed by atoms with Crippen LogP contribution in [0.15, 0.2) is 35.2 Å². The lowest BCUT2D eigenvalue weighted by molar-refractivity contribution is 0.618. The van der Waals surface area contributed by atoms with Crippen molar-refractivity contribution in [3.63, 3.8) is 0 Å². The van der Waals surface area contributed by atoms with Crippen molar-refractivity contribution in [1.29, 1.82) is 0 Å². The summed E-state index contributed by atoms with van der Waals surface area (Å²) in [5.74, 6) is -0.264. The average molecular weight is 298 g/mol. The summed E-state index contributed by atoms with van der Waals surface area (Å²) in [4.78, 5) is 4.20. The Morgan fingerprint density at radius 2 is 2.29 bits per heavy atom. The molecule has 5 heteroatoms. The lowest BCUT2D eigenvalue weighted by Crippen LogP contribution is -2.13. The van der Waals surface area contributed by atoms with Crippen LogP contribution in [-0.2, 0) is 13.5 Å². The minimum Gasteiger partial charge on any atom is -0.340 e. The first-order valence-corrected chi connectivity index (χ1v) is 6.03. The smallest absolute Gasteiger partial charge is 0.137 e. The van der Waals surface area contributed by atoms with Gasteiger partial charge < -0.3 is 10.3 Å². The molecule has 90 valence electrons. The third kappa shape index (κ3) is 2.92. The molecular weight excluding hydrogens is 285 g/mol. The number of benzene rings is 1. The van der Waals surface area contributed by atoms with E-state index in [9.17, 15) is 4.39 Å². The second kappa shape index (κ2) is 4.98. The molecule has 0 aliphatic carbocycles. The van der Waals surface area contributed by atoms with Crippen molar-refractivity contribution in [1.82, 2.24) is 9.55 Å². The summed E-state index contributed by atoms with van der Waals surface area (Å²) in [5.41, 5.74) is 7.87. The number of nitrogens with two attached hydrogens (primary N) is 1. The first-order valence-electron chi connectivity index (χ1n) is 5.23. The highest BCUT2D eigenvalue weighted by atomic mass is 79.9. The quantitative estimate of drug-likeness (QED) is 0.946. The van der Waals surface area contributed by atoms with Crippen LogP contribution >= 0.6 is 15.9 Å². The van der Waals surface area contributed by atoms with Gasteiger partial charge in [-0.25, -0.2) is 9.37 Å². The summed E-state index contributed by atoms with van der Waals surface area (Å²) < 4.78 is 15.4. The first kappa shape index (κ1) is 12.3. The summed E-state index contributed by atoms with van der Waals surface area (Å²) in [6.07, 6.45) is 4.24. The maximum Gasteiger partial charge on any atom is 0.137 e. The maximum atomic E-state index is 13.1. The molecule has 3 nitrogen and oxygen atoms in total. The van der Waals surface area contributed by atoms with E-state index in [0.717, 1.165) is 11.3 Å². The van der Waals surface area contributed by atoms with Crippen molar-refractivity contribution in [3.05, 3.63) is 52.3 Å². The van der Waals surface area contributed by atoms with E-state index >= 15 is 0 Å². The molecule has 0 aliphatic rings. The monoisotopic (exact) mass is 297 g/mol. The zero-order valence-corrected chi connectivity index (χ0v) is 11.0.